The normalized spacial score (nSPS) is 12.1. The molecule has 0 aliphatic rings. The maximum Gasteiger partial charge on any atom is 0.266 e. The van der Waals surface area contributed by atoms with Gasteiger partial charge < -0.3 is 15.2 Å². The van der Waals surface area contributed by atoms with Gasteiger partial charge in [-0.25, -0.2) is 9.20 Å². The molecular formula is C32H29N5O3. The Balaban J connectivity index is 1.12. The summed E-state index contributed by atoms with van der Waals surface area (Å²) in [5.74, 6) is 0.743. The lowest BCUT2D eigenvalue weighted by Crippen LogP contribution is -2.35. The third-order valence-electron chi connectivity index (χ3n) is 6.77. The highest BCUT2D eigenvalue weighted by Gasteiger charge is 2.18. The largest absolute Gasteiger partial charge is 0.490 e. The van der Waals surface area contributed by atoms with E-state index in [0.717, 1.165) is 38.9 Å². The molecule has 0 amide bonds. The van der Waals surface area contributed by atoms with Crippen LogP contribution in [-0.4, -0.2) is 50.3 Å². The minimum atomic E-state index is -0.706. The summed E-state index contributed by atoms with van der Waals surface area (Å²) in [5, 5.41) is 25.3. The van der Waals surface area contributed by atoms with Crippen molar-refractivity contribution in [1.82, 2.24) is 24.7 Å². The third kappa shape index (κ3) is 5.36. The van der Waals surface area contributed by atoms with E-state index in [2.05, 4.69) is 5.32 Å². The zero-order chi connectivity index (χ0) is 27.3. The lowest BCUT2D eigenvalue weighted by atomic mass is 10.0. The molecule has 0 aliphatic heterocycles. The van der Waals surface area contributed by atoms with E-state index in [1.807, 2.05) is 102 Å². The molecular weight excluding hydrogens is 502 g/mol. The number of ether oxygens (including phenoxy) is 1. The predicted octanol–water partition coefficient (Wildman–Crippen LogP) is 4.41. The molecule has 0 spiro atoms. The van der Waals surface area contributed by atoms with Crippen LogP contribution in [0.15, 0.2) is 114 Å². The molecule has 0 saturated carbocycles. The third-order valence-corrected chi connectivity index (χ3v) is 6.77. The summed E-state index contributed by atoms with van der Waals surface area (Å²) in [5.41, 5.74) is 4.03. The van der Waals surface area contributed by atoms with Gasteiger partial charge in [0.25, 0.3) is 5.56 Å². The molecule has 0 saturated heterocycles. The van der Waals surface area contributed by atoms with Crippen LogP contribution in [0.25, 0.3) is 38.8 Å². The first-order valence-corrected chi connectivity index (χ1v) is 13.3. The highest BCUT2D eigenvalue weighted by molar-refractivity contribution is 5.90. The number of benzene rings is 3. The molecule has 3 aromatic carbocycles. The first-order valence-electron chi connectivity index (χ1n) is 13.3. The van der Waals surface area contributed by atoms with Gasteiger partial charge in [0, 0.05) is 36.3 Å². The summed E-state index contributed by atoms with van der Waals surface area (Å²) >= 11 is 0. The van der Waals surface area contributed by atoms with Crippen molar-refractivity contribution in [2.24, 2.45) is 0 Å². The maximum atomic E-state index is 12.6. The number of rotatable bonds is 10. The first kappa shape index (κ1) is 25.5. The molecule has 0 aliphatic carbocycles. The Bertz CT molecular complexity index is 1810. The molecule has 0 fully saturated rings. The summed E-state index contributed by atoms with van der Waals surface area (Å²) in [6.45, 7) is 1.29. The van der Waals surface area contributed by atoms with E-state index in [-0.39, 0.29) is 12.2 Å². The Morgan fingerprint density at radius 3 is 2.55 bits per heavy atom. The Morgan fingerprint density at radius 1 is 0.850 bits per heavy atom. The van der Waals surface area contributed by atoms with E-state index in [0.29, 0.717) is 25.3 Å². The lowest BCUT2D eigenvalue weighted by Gasteiger charge is -2.15. The van der Waals surface area contributed by atoms with Crippen molar-refractivity contribution in [3.8, 4) is 28.3 Å². The van der Waals surface area contributed by atoms with Crippen LogP contribution in [0.2, 0.25) is 0 Å². The second-order valence-electron chi connectivity index (χ2n) is 9.55. The van der Waals surface area contributed by atoms with Gasteiger partial charge in [0.15, 0.2) is 0 Å². The average molecular weight is 532 g/mol. The van der Waals surface area contributed by atoms with E-state index in [9.17, 15) is 9.90 Å². The monoisotopic (exact) mass is 531 g/mol. The number of pyridine rings is 1. The molecule has 8 heteroatoms. The molecule has 6 rings (SSSR count). The zero-order valence-corrected chi connectivity index (χ0v) is 21.9. The summed E-state index contributed by atoms with van der Waals surface area (Å²) < 4.78 is 9.17. The smallest absolute Gasteiger partial charge is 0.266 e. The summed E-state index contributed by atoms with van der Waals surface area (Å²) in [6, 6.07) is 33.0. The van der Waals surface area contributed by atoms with Crippen molar-refractivity contribution in [2.75, 3.05) is 19.7 Å². The minimum absolute atomic E-state index is 0.158. The standard InChI is InChI=1S/C32H29N5O3/c38-25(22-40-29-15-8-12-23-9-4-5-13-26(23)29)21-33-18-20-37-30(39)17-16-27(34-37)31-28-14-6-7-19-36(28)35-32(31)24-10-2-1-3-11-24/h1-17,19,25,33,38H,18,20-22H2. The minimum Gasteiger partial charge on any atom is -0.490 e. The molecule has 40 heavy (non-hydrogen) atoms. The second kappa shape index (κ2) is 11.5. The Kier molecular flexibility index (Phi) is 7.34. The molecule has 1 atom stereocenters. The van der Waals surface area contributed by atoms with Gasteiger partial charge in [0.2, 0.25) is 0 Å². The van der Waals surface area contributed by atoms with Crippen molar-refractivity contribution in [1.29, 1.82) is 0 Å². The summed E-state index contributed by atoms with van der Waals surface area (Å²) in [7, 11) is 0. The molecule has 1 unspecified atom stereocenters. The van der Waals surface area contributed by atoms with Gasteiger partial charge in [-0.05, 0) is 29.7 Å². The average Bonchev–Trinajstić information content (AvgIpc) is 3.39. The van der Waals surface area contributed by atoms with Gasteiger partial charge in [-0.1, -0.05) is 72.8 Å². The first-order chi connectivity index (χ1) is 19.7. The van der Waals surface area contributed by atoms with Crippen molar-refractivity contribution in [3.05, 3.63) is 120 Å². The topological polar surface area (TPSA) is 93.7 Å². The predicted molar refractivity (Wildman–Crippen MR) is 156 cm³/mol. The maximum absolute atomic E-state index is 12.6. The highest BCUT2D eigenvalue weighted by atomic mass is 16.5. The van der Waals surface area contributed by atoms with E-state index in [1.54, 1.807) is 6.07 Å². The van der Waals surface area contributed by atoms with Gasteiger partial charge in [0.05, 0.1) is 23.3 Å². The van der Waals surface area contributed by atoms with Gasteiger partial charge in [-0.2, -0.15) is 10.2 Å². The molecule has 6 aromatic rings. The van der Waals surface area contributed by atoms with Crippen molar-refractivity contribution < 1.29 is 9.84 Å². The number of hydrogen-bond donors (Lipinski definition) is 2. The number of hydrogen-bond acceptors (Lipinski definition) is 6. The number of aliphatic hydroxyl groups is 1. The number of aliphatic hydroxyl groups excluding tert-OH is 1. The van der Waals surface area contributed by atoms with Crippen molar-refractivity contribution in [3.63, 3.8) is 0 Å². The van der Waals surface area contributed by atoms with Crippen LogP contribution in [0.1, 0.15) is 0 Å². The number of nitrogens with zero attached hydrogens (tertiary/aromatic N) is 4. The molecule has 0 radical (unpaired) electrons. The lowest BCUT2D eigenvalue weighted by molar-refractivity contribution is 0.107. The fourth-order valence-corrected chi connectivity index (χ4v) is 4.81. The molecule has 8 nitrogen and oxygen atoms in total. The SMILES string of the molecule is O=c1ccc(-c2c(-c3ccccc3)nn3ccccc23)nn1CCNCC(O)COc1cccc2ccccc12. The van der Waals surface area contributed by atoms with Crippen LogP contribution < -0.4 is 15.6 Å². The number of nitrogens with one attached hydrogen (secondary N) is 1. The van der Waals surface area contributed by atoms with Crippen LogP contribution >= 0.6 is 0 Å². The number of aromatic nitrogens is 4. The van der Waals surface area contributed by atoms with Crippen LogP contribution in [0, 0.1) is 0 Å². The van der Waals surface area contributed by atoms with Crippen molar-refractivity contribution in [2.45, 2.75) is 12.6 Å². The van der Waals surface area contributed by atoms with Gasteiger partial charge in [-0.3, -0.25) is 4.79 Å². The van der Waals surface area contributed by atoms with Gasteiger partial charge >= 0.3 is 0 Å². The summed E-state index contributed by atoms with van der Waals surface area (Å²) in [4.78, 5) is 12.6. The van der Waals surface area contributed by atoms with E-state index in [4.69, 9.17) is 14.9 Å². The van der Waals surface area contributed by atoms with Crippen LogP contribution in [0.3, 0.4) is 0 Å². The van der Waals surface area contributed by atoms with Crippen molar-refractivity contribution >= 4 is 16.3 Å². The zero-order valence-electron chi connectivity index (χ0n) is 21.9. The van der Waals surface area contributed by atoms with Crippen LogP contribution in [-0.2, 0) is 6.54 Å². The van der Waals surface area contributed by atoms with Crippen LogP contribution in [0.5, 0.6) is 5.75 Å². The molecule has 200 valence electrons. The number of fused-ring (bicyclic) bond motifs is 2. The fourth-order valence-electron chi connectivity index (χ4n) is 4.81. The van der Waals surface area contributed by atoms with E-state index < -0.39 is 6.10 Å². The second-order valence-corrected chi connectivity index (χ2v) is 9.55. The molecule has 0 bridgehead atoms. The quantitative estimate of drug-likeness (QED) is 0.255. The Hall–Kier alpha value is -4.79. The molecule has 3 aromatic heterocycles. The van der Waals surface area contributed by atoms with Gasteiger partial charge in [0.1, 0.15) is 24.2 Å². The molecule has 2 N–H and O–H groups in total. The van der Waals surface area contributed by atoms with E-state index >= 15 is 0 Å². The van der Waals surface area contributed by atoms with Crippen LogP contribution in [0.4, 0.5) is 0 Å². The summed E-state index contributed by atoms with van der Waals surface area (Å²) in [6.07, 6.45) is 1.20. The molecule has 3 heterocycles. The fraction of sp³-hybridized carbons (Fsp3) is 0.156. The Morgan fingerprint density at radius 2 is 1.65 bits per heavy atom. The highest BCUT2D eigenvalue weighted by Crippen LogP contribution is 2.33. The van der Waals surface area contributed by atoms with Gasteiger partial charge in [-0.15, -0.1) is 0 Å². The Labute approximate surface area is 231 Å². The van der Waals surface area contributed by atoms with E-state index in [1.165, 1.54) is 10.7 Å².